The number of halogens is 2. The number of hydrogen-bond acceptors (Lipinski definition) is 1. The molecule has 0 fully saturated rings. The molecule has 84 valence electrons. The fourth-order valence-electron chi connectivity index (χ4n) is 1.20. The number of rotatable bonds is 2. The van der Waals surface area contributed by atoms with Crippen molar-refractivity contribution in [3.05, 3.63) is 33.8 Å². The molecule has 1 aromatic carbocycles. The van der Waals surface area contributed by atoms with E-state index in [0.29, 0.717) is 16.5 Å². The number of hydrogen-bond donors (Lipinski definition) is 1. The lowest BCUT2D eigenvalue weighted by Crippen LogP contribution is -2.28. The zero-order valence-electron chi connectivity index (χ0n) is 9.22. The topological polar surface area (TPSA) is 20.2 Å². The average molecular weight is 247 g/mol. The van der Waals surface area contributed by atoms with Gasteiger partial charge in [0.05, 0.1) is 16.1 Å². The first kappa shape index (κ1) is 12.8. The van der Waals surface area contributed by atoms with Crippen LogP contribution in [0.2, 0.25) is 10.0 Å². The van der Waals surface area contributed by atoms with Crippen LogP contribution < -0.4 is 0 Å². The molecule has 0 aliphatic heterocycles. The van der Waals surface area contributed by atoms with Crippen LogP contribution >= 0.6 is 23.2 Å². The standard InChI is InChI=1S/C12H16Cl2O/c1-12(2,3)11(15)7-8-4-5-9(13)10(14)6-8/h4-6,11,15H,7H2,1-3H3. The molecule has 0 bridgehead atoms. The molecule has 0 saturated carbocycles. The monoisotopic (exact) mass is 246 g/mol. The van der Waals surface area contributed by atoms with Gasteiger partial charge in [-0.25, -0.2) is 0 Å². The maximum absolute atomic E-state index is 9.92. The lowest BCUT2D eigenvalue weighted by molar-refractivity contribution is 0.0636. The van der Waals surface area contributed by atoms with E-state index in [9.17, 15) is 5.11 Å². The molecule has 15 heavy (non-hydrogen) atoms. The molecule has 0 aliphatic carbocycles. The van der Waals surface area contributed by atoms with E-state index < -0.39 is 0 Å². The molecular weight excluding hydrogens is 231 g/mol. The van der Waals surface area contributed by atoms with Gasteiger partial charge in [0.1, 0.15) is 0 Å². The predicted octanol–water partition coefficient (Wildman–Crippen LogP) is 3.94. The summed E-state index contributed by atoms with van der Waals surface area (Å²) in [6.45, 7) is 6.03. The van der Waals surface area contributed by atoms with Gasteiger partial charge in [-0.05, 0) is 29.5 Å². The summed E-state index contributed by atoms with van der Waals surface area (Å²) >= 11 is 11.7. The van der Waals surface area contributed by atoms with Crippen LogP contribution in [0.25, 0.3) is 0 Å². The Labute approximate surface area is 101 Å². The van der Waals surface area contributed by atoms with Gasteiger partial charge in [0.25, 0.3) is 0 Å². The van der Waals surface area contributed by atoms with Crippen molar-refractivity contribution in [1.82, 2.24) is 0 Å². The van der Waals surface area contributed by atoms with Crippen molar-refractivity contribution < 1.29 is 5.11 Å². The van der Waals surface area contributed by atoms with Crippen LogP contribution in [0.1, 0.15) is 26.3 Å². The van der Waals surface area contributed by atoms with Crippen LogP contribution in [-0.2, 0) is 6.42 Å². The highest BCUT2D eigenvalue weighted by atomic mass is 35.5. The Kier molecular flexibility index (Phi) is 4.05. The Morgan fingerprint density at radius 1 is 1.20 bits per heavy atom. The lowest BCUT2D eigenvalue weighted by atomic mass is 9.85. The summed E-state index contributed by atoms with van der Waals surface area (Å²) in [5, 5.41) is 11.0. The molecule has 0 amide bonds. The fraction of sp³-hybridized carbons (Fsp3) is 0.500. The van der Waals surface area contributed by atoms with Crippen LogP contribution in [0.4, 0.5) is 0 Å². The number of aliphatic hydroxyl groups excluding tert-OH is 1. The maximum Gasteiger partial charge on any atom is 0.0628 e. The SMILES string of the molecule is CC(C)(C)C(O)Cc1ccc(Cl)c(Cl)c1. The Morgan fingerprint density at radius 2 is 1.80 bits per heavy atom. The minimum absolute atomic E-state index is 0.119. The van der Waals surface area contributed by atoms with E-state index in [1.165, 1.54) is 0 Å². The molecular formula is C12H16Cl2O. The second-order valence-electron chi connectivity index (χ2n) is 4.83. The number of aliphatic hydroxyl groups is 1. The minimum atomic E-state index is -0.380. The van der Waals surface area contributed by atoms with Crippen LogP contribution in [0.15, 0.2) is 18.2 Å². The van der Waals surface area contributed by atoms with Gasteiger partial charge in [-0.2, -0.15) is 0 Å². The van der Waals surface area contributed by atoms with Crippen LogP contribution in [0.3, 0.4) is 0 Å². The molecule has 0 heterocycles. The maximum atomic E-state index is 9.92. The van der Waals surface area contributed by atoms with Gasteiger partial charge in [-0.3, -0.25) is 0 Å². The van der Waals surface area contributed by atoms with Gasteiger partial charge < -0.3 is 5.11 Å². The van der Waals surface area contributed by atoms with E-state index in [1.54, 1.807) is 12.1 Å². The summed E-state index contributed by atoms with van der Waals surface area (Å²) in [4.78, 5) is 0. The molecule has 0 saturated heterocycles. The molecule has 0 aliphatic rings. The molecule has 1 aromatic rings. The Morgan fingerprint density at radius 3 is 2.27 bits per heavy atom. The first-order chi connectivity index (χ1) is 6.80. The van der Waals surface area contributed by atoms with E-state index in [0.717, 1.165) is 5.56 Å². The average Bonchev–Trinajstić information content (AvgIpc) is 2.10. The molecule has 0 spiro atoms. The second-order valence-corrected chi connectivity index (χ2v) is 5.65. The molecule has 0 radical (unpaired) electrons. The molecule has 1 atom stereocenters. The van der Waals surface area contributed by atoms with Crippen molar-refractivity contribution in [2.45, 2.75) is 33.3 Å². The third kappa shape index (κ3) is 3.67. The second kappa shape index (κ2) is 4.73. The van der Waals surface area contributed by atoms with Gasteiger partial charge >= 0.3 is 0 Å². The van der Waals surface area contributed by atoms with Crippen molar-refractivity contribution in [2.24, 2.45) is 5.41 Å². The van der Waals surface area contributed by atoms with Gasteiger partial charge in [-0.1, -0.05) is 50.0 Å². The summed E-state index contributed by atoms with van der Waals surface area (Å²) in [6.07, 6.45) is 0.218. The molecule has 1 unspecified atom stereocenters. The third-order valence-corrected chi connectivity index (χ3v) is 3.15. The van der Waals surface area contributed by atoms with Crippen LogP contribution in [0.5, 0.6) is 0 Å². The van der Waals surface area contributed by atoms with E-state index in [4.69, 9.17) is 23.2 Å². The van der Waals surface area contributed by atoms with E-state index in [-0.39, 0.29) is 11.5 Å². The highest BCUT2D eigenvalue weighted by Crippen LogP contribution is 2.26. The van der Waals surface area contributed by atoms with Crippen molar-refractivity contribution in [2.75, 3.05) is 0 Å². The van der Waals surface area contributed by atoms with E-state index >= 15 is 0 Å². The van der Waals surface area contributed by atoms with Crippen molar-refractivity contribution >= 4 is 23.2 Å². The van der Waals surface area contributed by atoms with Gasteiger partial charge in [0, 0.05) is 0 Å². The predicted molar refractivity (Wildman–Crippen MR) is 65.6 cm³/mol. The van der Waals surface area contributed by atoms with Gasteiger partial charge in [0.2, 0.25) is 0 Å². The van der Waals surface area contributed by atoms with E-state index in [2.05, 4.69) is 0 Å². The first-order valence-electron chi connectivity index (χ1n) is 4.92. The molecule has 1 rings (SSSR count). The van der Waals surface area contributed by atoms with Crippen LogP contribution in [0, 0.1) is 5.41 Å². The zero-order valence-corrected chi connectivity index (χ0v) is 10.7. The highest BCUT2D eigenvalue weighted by molar-refractivity contribution is 6.42. The lowest BCUT2D eigenvalue weighted by Gasteiger charge is -2.25. The summed E-state index contributed by atoms with van der Waals surface area (Å²) in [5.74, 6) is 0. The zero-order chi connectivity index (χ0) is 11.6. The summed E-state index contributed by atoms with van der Waals surface area (Å²) in [6, 6.07) is 5.45. The minimum Gasteiger partial charge on any atom is -0.392 e. The smallest absolute Gasteiger partial charge is 0.0628 e. The van der Waals surface area contributed by atoms with E-state index in [1.807, 2.05) is 26.8 Å². The largest absolute Gasteiger partial charge is 0.392 e. The van der Waals surface area contributed by atoms with Crippen molar-refractivity contribution in [1.29, 1.82) is 0 Å². The molecule has 0 aromatic heterocycles. The normalized spacial score (nSPS) is 14.0. The molecule has 1 N–H and O–H groups in total. The Bertz CT molecular complexity index is 342. The highest BCUT2D eigenvalue weighted by Gasteiger charge is 2.22. The first-order valence-corrected chi connectivity index (χ1v) is 5.68. The van der Waals surface area contributed by atoms with Crippen molar-refractivity contribution in [3.63, 3.8) is 0 Å². The summed E-state index contributed by atoms with van der Waals surface area (Å²) in [7, 11) is 0. The summed E-state index contributed by atoms with van der Waals surface area (Å²) in [5.41, 5.74) is 0.887. The fourth-order valence-corrected chi connectivity index (χ4v) is 1.52. The Balaban J connectivity index is 2.78. The van der Waals surface area contributed by atoms with Crippen LogP contribution in [-0.4, -0.2) is 11.2 Å². The quantitative estimate of drug-likeness (QED) is 0.839. The summed E-state index contributed by atoms with van der Waals surface area (Å²) < 4.78 is 0. The molecule has 3 heteroatoms. The third-order valence-electron chi connectivity index (χ3n) is 2.41. The van der Waals surface area contributed by atoms with Gasteiger partial charge in [0.15, 0.2) is 0 Å². The van der Waals surface area contributed by atoms with Crippen molar-refractivity contribution in [3.8, 4) is 0 Å². The molecule has 1 nitrogen and oxygen atoms in total. The Hall–Kier alpha value is -0.240. The number of benzene rings is 1. The van der Waals surface area contributed by atoms with Gasteiger partial charge in [-0.15, -0.1) is 0 Å².